The van der Waals surface area contributed by atoms with Crippen LogP contribution < -0.4 is 5.32 Å². The molecule has 18 heavy (non-hydrogen) atoms. The Morgan fingerprint density at radius 1 is 1.17 bits per heavy atom. The Morgan fingerprint density at radius 3 is 2.22 bits per heavy atom. The second-order valence-corrected chi connectivity index (χ2v) is 4.41. The Hall–Kier alpha value is -2.17. The number of nitrogens with one attached hydrogen (secondary N) is 1. The molecule has 2 N–H and O–H groups in total. The molecule has 0 bridgehead atoms. The summed E-state index contributed by atoms with van der Waals surface area (Å²) >= 11 is 0. The third kappa shape index (κ3) is 2.56. The van der Waals surface area contributed by atoms with E-state index < -0.39 is 17.8 Å². The highest BCUT2D eigenvalue weighted by molar-refractivity contribution is 5.99. The number of benzene rings is 1. The quantitative estimate of drug-likeness (QED) is 0.790. The van der Waals surface area contributed by atoms with Crippen molar-refractivity contribution in [2.24, 2.45) is 11.8 Å². The lowest BCUT2D eigenvalue weighted by Crippen LogP contribution is -2.16. The Kier molecular flexibility index (Phi) is 3.14. The van der Waals surface area contributed by atoms with Crippen molar-refractivity contribution in [1.29, 1.82) is 0 Å². The van der Waals surface area contributed by atoms with Gasteiger partial charge in [-0.15, -0.1) is 0 Å². The van der Waals surface area contributed by atoms with Crippen molar-refractivity contribution in [3.8, 4) is 0 Å². The number of Topliss-reactive ketones (excluding diaryl/α,β-unsaturated/α-hetero) is 1. The average Bonchev–Trinajstić information content (AvgIpc) is 3.09. The zero-order chi connectivity index (χ0) is 13.3. The van der Waals surface area contributed by atoms with E-state index in [9.17, 15) is 14.4 Å². The van der Waals surface area contributed by atoms with Crippen molar-refractivity contribution in [3.05, 3.63) is 29.8 Å². The molecule has 2 unspecified atom stereocenters. The van der Waals surface area contributed by atoms with Gasteiger partial charge in [0.2, 0.25) is 5.91 Å². The molecule has 0 heterocycles. The van der Waals surface area contributed by atoms with Crippen molar-refractivity contribution >= 4 is 23.3 Å². The fourth-order valence-electron chi connectivity index (χ4n) is 1.78. The largest absolute Gasteiger partial charge is 0.481 e. The van der Waals surface area contributed by atoms with E-state index in [4.69, 9.17) is 5.11 Å². The fourth-order valence-corrected chi connectivity index (χ4v) is 1.78. The second kappa shape index (κ2) is 4.60. The molecule has 0 radical (unpaired) electrons. The number of anilines is 1. The van der Waals surface area contributed by atoms with E-state index in [-0.39, 0.29) is 11.7 Å². The number of aliphatic carboxylic acids is 1. The van der Waals surface area contributed by atoms with E-state index in [2.05, 4.69) is 5.32 Å². The molecular formula is C13H13NO4. The van der Waals surface area contributed by atoms with E-state index in [1.807, 2.05) is 0 Å². The van der Waals surface area contributed by atoms with E-state index in [1.165, 1.54) is 6.92 Å². The van der Waals surface area contributed by atoms with Crippen molar-refractivity contribution in [2.75, 3.05) is 5.32 Å². The average molecular weight is 247 g/mol. The van der Waals surface area contributed by atoms with Gasteiger partial charge in [0.05, 0.1) is 11.8 Å². The van der Waals surface area contributed by atoms with Gasteiger partial charge in [-0.3, -0.25) is 14.4 Å². The predicted molar refractivity (Wildman–Crippen MR) is 64.3 cm³/mol. The maximum Gasteiger partial charge on any atom is 0.307 e. The topological polar surface area (TPSA) is 83.5 Å². The van der Waals surface area contributed by atoms with Gasteiger partial charge in [0.1, 0.15) is 0 Å². The highest BCUT2D eigenvalue weighted by Crippen LogP contribution is 2.39. The number of amides is 1. The zero-order valence-electron chi connectivity index (χ0n) is 9.84. The van der Waals surface area contributed by atoms with Gasteiger partial charge < -0.3 is 10.4 Å². The van der Waals surface area contributed by atoms with Crippen LogP contribution in [0.3, 0.4) is 0 Å². The first-order valence-corrected chi connectivity index (χ1v) is 5.63. The number of carbonyl (C=O) groups excluding carboxylic acids is 2. The first-order valence-electron chi connectivity index (χ1n) is 5.63. The Balaban J connectivity index is 1.96. The van der Waals surface area contributed by atoms with E-state index in [1.54, 1.807) is 24.3 Å². The minimum atomic E-state index is -0.929. The molecule has 94 valence electrons. The molecular weight excluding hydrogens is 234 g/mol. The lowest BCUT2D eigenvalue weighted by molar-refractivity contribution is -0.139. The van der Waals surface area contributed by atoms with Gasteiger partial charge in [0.15, 0.2) is 5.78 Å². The SMILES string of the molecule is CC(=O)c1ccc(NC(=O)C2CC2C(=O)O)cc1. The summed E-state index contributed by atoms with van der Waals surface area (Å²) in [5.41, 5.74) is 1.14. The minimum Gasteiger partial charge on any atom is -0.481 e. The van der Waals surface area contributed by atoms with Crippen LogP contribution in [0, 0.1) is 11.8 Å². The molecule has 2 atom stereocenters. The normalized spacial score (nSPS) is 21.2. The molecule has 1 aliphatic carbocycles. The summed E-state index contributed by atoms with van der Waals surface area (Å²) in [5, 5.41) is 11.4. The number of carbonyl (C=O) groups is 3. The molecule has 0 aliphatic heterocycles. The summed E-state index contributed by atoms with van der Waals surface area (Å²) in [4.78, 5) is 33.4. The van der Waals surface area contributed by atoms with Crippen molar-refractivity contribution < 1.29 is 19.5 Å². The Morgan fingerprint density at radius 2 is 1.78 bits per heavy atom. The maximum atomic E-state index is 11.7. The molecule has 0 saturated heterocycles. The highest BCUT2D eigenvalue weighted by atomic mass is 16.4. The number of carboxylic acids is 1. The molecule has 1 amide bonds. The third-order valence-corrected chi connectivity index (χ3v) is 3.00. The summed E-state index contributed by atoms with van der Waals surface area (Å²) in [7, 11) is 0. The molecule has 1 fully saturated rings. The van der Waals surface area contributed by atoms with Gasteiger partial charge in [-0.25, -0.2) is 0 Å². The first kappa shape index (κ1) is 12.3. The predicted octanol–water partition coefficient (Wildman–Crippen LogP) is 1.55. The van der Waals surface area contributed by atoms with Gasteiger partial charge in [-0.1, -0.05) is 0 Å². The molecule has 5 nitrogen and oxygen atoms in total. The molecule has 0 aromatic heterocycles. The number of ketones is 1. The third-order valence-electron chi connectivity index (χ3n) is 3.00. The maximum absolute atomic E-state index is 11.7. The van der Waals surface area contributed by atoms with Crippen molar-refractivity contribution in [2.45, 2.75) is 13.3 Å². The van der Waals surface area contributed by atoms with Gasteiger partial charge in [0, 0.05) is 11.3 Å². The van der Waals surface area contributed by atoms with E-state index in [0.717, 1.165) is 0 Å². The molecule has 2 rings (SSSR count). The number of hydrogen-bond acceptors (Lipinski definition) is 3. The number of rotatable bonds is 4. The summed E-state index contributed by atoms with van der Waals surface area (Å²) in [6.07, 6.45) is 0.396. The molecule has 5 heteroatoms. The molecule has 1 aromatic carbocycles. The number of hydrogen-bond donors (Lipinski definition) is 2. The Labute approximate surface area is 104 Å². The van der Waals surface area contributed by atoms with Gasteiger partial charge in [-0.2, -0.15) is 0 Å². The van der Waals surface area contributed by atoms with Crippen LogP contribution in [0.25, 0.3) is 0 Å². The van der Waals surface area contributed by atoms with Crippen LogP contribution in [0.2, 0.25) is 0 Å². The van der Waals surface area contributed by atoms with Crippen molar-refractivity contribution in [1.82, 2.24) is 0 Å². The number of carboxylic acid groups (broad SMARTS) is 1. The van der Waals surface area contributed by atoms with E-state index >= 15 is 0 Å². The van der Waals surface area contributed by atoms with Crippen LogP contribution in [0.1, 0.15) is 23.7 Å². The van der Waals surface area contributed by atoms with Gasteiger partial charge in [-0.05, 0) is 37.6 Å². The van der Waals surface area contributed by atoms with Crippen LogP contribution in [-0.4, -0.2) is 22.8 Å². The summed E-state index contributed by atoms with van der Waals surface area (Å²) in [6.45, 7) is 1.47. The summed E-state index contributed by atoms with van der Waals surface area (Å²) in [5.74, 6) is -2.24. The van der Waals surface area contributed by atoms with Crippen LogP contribution in [0.15, 0.2) is 24.3 Å². The lowest BCUT2D eigenvalue weighted by Gasteiger charge is -2.04. The fraction of sp³-hybridized carbons (Fsp3) is 0.308. The zero-order valence-corrected chi connectivity index (χ0v) is 9.84. The van der Waals surface area contributed by atoms with Gasteiger partial charge >= 0.3 is 5.97 Å². The Bertz CT molecular complexity index is 506. The standard InChI is InChI=1S/C13H13NO4/c1-7(15)8-2-4-9(5-3-8)14-12(16)10-6-11(10)13(17)18/h2-5,10-11H,6H2,1H3,(H,14,16)(H,17,18). The molecule has 1 saturated carbocycles. The first-order chi connectivity index (χ1) is 8.49. The van der Waals surface area contributed by atoms with Crippen LogP contribution in [-0.2, 0) is 9.59 Å². The molecule has 0 spiro atoms. The van der Waals surface area contributed by atoms with Crippen LogP contribution >= 0.6 is 0 Å². The summed E-state index contributed by atoms with van der Waals surface area (Å²) < 4.78 is 0. The minimum absolute atomic E-state index is 0.0407. The second-order valence-electron chi connectivity index (χ2n) is 4.41. The van der Waals surface area contributed by atoms with Crippen LogP contribution in [0.4, 0.5) is 5.69 Å². The highest BCUT2D eigenvalue weighted by Gasteiger charge is 2.48. The molecule has 1 aliphatic rings. The van der Waals surface area contributed by atoms with Crippen molar-refractivity contribution in [3.63, 3.8) is 0 Å². The van der Waals surface area contributed by atoms with E-state index in [0.29, 0.717) is 17.7 Å². The molecule has 1 aromatic rings. The van der Waals surface area contributed by atoms with Crippen LogP contribution in [0.5, 0.6) is 0 Å². The summed E-state index contributed by atoms with van der Waals surface area (Å²) in [6, 6.07) is 6.51. The van der Waals surface area contributed by atoms with Gasteiger partial charge in [0.25, 0.3) is 0 Å². The monoisotopic (exact) mass is 247 g/mol. The smallest absolute Gasteiger partial charge is 0.307 e. The lowest BCUT2D eigenvalue weighted by atomic mass is 10.1.